The first-order valence-electron chi connectivity index (χ1n) is 6.29. The largest absolute Gasteiger partial charge is 0.480 e. The third kappa shape index (κ3) is 2.03. The lowest BCUT2D eigenvalue weighted by atomic mass is 9.98. The molecule has 1 aliphatic heterocycles. The molecule has 1 saturated heterocycles. The van der Waals surface area contributed by atoms with Crippen molar-refractivity contribution in [3.05, 3.63) is 22.9 Å². The van der Waals surface area contributed by atoms with Crippen LogP contribution < -0.4 is 4.90 Å². The Hall–Kier alpha value is -2.09. The molecule has 0 aliphatic carbocycles. The number of hydrogen-bond donors (Lipinski definition) is 1. The fourth-order valence-corrected chi connectivity index (χ4v) is 2.68. The Morgan fingerprint density at radius 3 is 2.84 bits per heavy atom. The fraction of sp³-hybridized carbons (Fsp3) is 0.500. The molecule has 1 unspecified atom stereocenters. The number of hydrogen-bond acceptors (Lipinski definition) is 4. The molecular formula is C14H17N3O2. The van der Waals surface area contributed by atoms with Gasteiger partial charge in [0.1, 0.15) is 17.4 Å². The first-order chi connectivity index (χ1) is 8.90. The fourth-order valence-electron chi connectivity index (χ4n) is 2.68. The standard InChI is InChI=1S/C14H17N3O2/c1-9-7-10(2)16-12(11(9)8-15)17-6-4-5-14(17,3)13(18)19/h7H,4-6H2,1-3H3,(H,18,19). The van der Waals surface area contributed by atoms with E-state index in [0.717, 1.165) is 17.7 Å². The summed E-state index contributed by atoms with van der Waals surface area (Å²) >= 11 is 0. The maximum absolute atomic E-state index is 11.5. The van der Waals surface area contributed by atoms with Crippen LogP contribution in [0.15, 0.2) is 6.07 Å². The molecule has 5 heteroatoms. The minimum Gasteiger partial charge on any atom is -0.480 e. The van der Waals surface area contributed by atoms with Crippen LogP contribution in [0.4, 0.5) is 5.82 Å². The second-order valence-electron chi connectivity index (χ2n) is 5.23. The third-order valence-corrected chi connectivity index (χ3v) is 3.79. The van der Waals surface area contributed by atoms with Crippen LogP contribution in [0.5, 0.6) is 0 Å². The molecule has 0 aromatic carbocycles. The van der Waals surface area contributed by atoms with Crippen LogP contribution in [0.25, 0.3) is 0 Å². The van der Waals surface area contributed by atoms with Gasteiger partial charge in [-0.3, -0.25) is 0 Å². The Morgan fingerprint density at radius 2 is 2.26 bits per heavy atom. The highest BCUT2D eigenvalue weighted by atomic mass is 16.4. The molecule has 0 spiro atoms. The molecule has 2 heterocycles. The second-order valence-corrected chi connectivity index (χ2v) is 5.23. The van der Waals surface area contributed by atoms with Crippen LogP contribution >= 0.6 is 0 Å². The minimum atomic E-state index is -0.973. The van der Waals surface area contributed by atoms with Crippen LogP contribution in [0.1, 0.15) is 36.6 Å². The van der Waals surface area contributed by atoms with Gasteiger partial charge in [0.05, 0.1) is 5.56 Å². The third-order valence-electron chi connectivity index (χ3n) is 3.79. The van der Waals surface area contributed by atoms with Crippen molar-refractivity contribution < 1.29 is 9.90 Å². The Labute approximate surface area is 112 Å². The molecule has 1 aromatic rings. The highest BCUT2D eigenvalue weighted by Gasteiger charge is 2.45. The summed E-state index contributed by atoms with van der Waals surface area (Å²) in [5, 5.41) is 18.7. The maximum Gasteiger partial charge on any atom is 0.329 e. The number of aliphatic carboxylic acids is 1. The van der Waals surface area contributed by atoms with Crippen molar-refractivity contribution in [3.63, 3.8) is 0 Å². The molecule has 1 fully saturated rings. The van der Waals surface area contributed by atoms with Gasteiger partial charge < -0.3 is 10.0 Å². The summed E-state index contributed by atoms with van der Waals surface area (Å²) in [4.78, 5) is 17.7. The van der Waals surface area contributed by atoms with Gasteiger partial charge in [-0.2, -0.15) is 5.26 Å². The van der Waals surface area contributed by atoms with Gasteiger partial charge in [0.15, 0.2) is 0 Å². The number of carbonyl (C=O) groups is 1. The summed E-state index contributed by atoms with van der Waals surface area (Å²) in [5.74, 6) is -0.364. The quantitative estimate of drug-likeness (QED) is 0.879. The molecule has 0 amide bonds. The lowest BCUT2D eigenvalue weighted by Gasteiger charge is -2.33. The Morgan fingerprint density at radius 1 is 1.58 bits per heavy atom. The number of anilines is 1. The van der Waals surface area contributed by atoms with Crippen molar-refractivity contribution in [2.24, 2.45) is 0 Å². The highest BCUT2D eigenvalue weighted by Crippen LogP contribution is 2.35. The van der Waals surface area contributed by atoms with E-state index in [0.29, 0.717) is 24.3 Å². The Balaban J connectivity index is 2.59. The maximum atomic E-state index is 11.5. The lowest BCUT2D eigenvalue weighted by molar-refractivity contribution is -0.142. The lowest BCUT2D eigenvalue weighted by Crippen LogP contribution is -2.48. The molecular weight excluding hydrogens is 242 g/mol. The molecule has 0 saturated carbocycles. The van der Waals surface area contributed by atoms with Gasteiger partial charge in [-0.05, 0) is 45.2 Å². The summed E-state index contributed by atoms with van der Waals surface area (Å²) in [6.07, 6.45) is 1.37. The number of rotatable bonds is 2. The van der Waals surface area contributed by atoms with Crippen molar-refractivity contribution >= 4 is 11.8 Å². The zero-order chi connectivity index (χ0) is 14.2. The summed E-state index contributed by atoms with van der Waals surface area (Å²) in [6, 6.07) is 3.99. The summed E-state index contributed by atoms with van der Waals surface area (Å²) < 4.78 is 0. The Kier molecular flexibility index (Phi) is 3.19. The zero-order valence-corrected chi connectivity index (χ0v) is 11.4. The van der Waals surface area contributed by atoms with Crippen LogP contribution in [-0.4, -0.2) is 28.1 Å². The van der Waals surface area contributed by atoms with Crippen LogP contribution in [0.2, 0.25) is 0 Å². The molecule has 1 N–H and O–H groups in total. The second kappa shape index (κ2) is 4.54. The molecule has 100 valence electrons. The van der Waals surface area contributed by atoms with E-state index in [1.807, 2.05) is 19.9 Å². The number of aryl methyl sites for hydroxylation is 2. The smallest absolute Gasteiger partial charge is 0.329 e. The molecule has 0 radical (unpaired) electrons. The van der Waals surface area contributed by atoms with Gasteiger partial charge in [0.25, 0.3) is 0 Å². The van der Waals surface area contributed by atoms with E-state index in [-0.39, 0.29) is 0 Å². The van der Waals surface area contributed by atoms with E-state index < -0.39 is 11.5 Å². The summed E-state index contributed by atoms with van der Waals surface area (Å²) in [5.41, 5.74) is 1.13. The van der Waals surface area contributed by atoms with Gasteiger partial charge in [-0.15, -0.1) is 0 Å². The normalized spacial score (nSPS) is 22.3. The van der Waals surface area contributed by atoms with Gasteiger partial charge in [-0.25, -0.2) is 9.78 Å². The topological polar surface area (TPSA) is 77.2 Å². The molecule has 1 atom stereocenters. The molecule has 19 heavy (non-hydrogen) atoms. The number of carboxylic acid groups (broad SMARTS) is 1. The van der Waals surface area contributed by atoms with E-state index in [9.17, 15) is 15.2 Å². The molecule has 2 rings (SSSR count). The van der Waals surface area contributed by atoms with Gasteiger partial charge >= 0.3 is 5.97 Å². The molecule has 1 aromatic heterocycles. The molecule has 1 aliphatic rings. The van der Waals surface area contributed by atoms with Crippen molar-refractivity contribution in [1.29, 1.82) is 5.26 Å². The average molecular weight is 259 g/mol. The van der Waals surface area contributed by atoms with Crippen molar-refractivity contribution in [2.75, 3.05) is 11.4 Å². The Bertz CT molecular complexity index is 577. The highest BCUT2D eigenvalue weighted by molar-refractivity contribution is 5.84. The van der Waals surface area contributed by atoms with E-state index in [4.69, 9.17) is 0 Å². The average Bonchev–Trinajstić information content (AvgIpc) is 2.71. The summed E-state index contributed by atoms with van der Waals surface area (Å²) in [7, 11) is 0. The number of nitrogens with zero attached hydrogens (tertiary/aromatic N) is 3. The van der Waals surface area contributed by atoms with Gasteiger partial charge in [0.2, 0.25) is 0 Å². The first kappa shape index (κ1) is 13.3. The predicted octanol–water partition coefficient (Wildman–Crippen LogP) is 2.01. The van der Waals surface area contributed by atoms with Crippen LogP contribution in [0.3, 0.4) is 0 Å². The van der Waals surface area contributed by atoms with E-state index >= 15 is 0 Å². The van der Waals surface area contributed by atoms with E-state index in [1.54, 1.807) is 11.8 Å². The van der Waals surface area contributed by atoms with Crippen LogP contribution in [-0.2, 0) is 4.79 Å². The predicted molar refractivity (Wildman–Crippen MR) is 71.0 cm³/mol. The van der Waals surface area contributed by atoms with Crippen molar-refractivity contribution in [3.8, 4) is 6.07 Å². The van der Waals surface area contributed by atoms with Crippen molar-refractivity contribution in [2.45, 2.75) is 39.2 Å². The number of carboxylic acids is 1. The zero-order valence-electron chi connectivity index (χ0n) is 11.4. The number of nitriles is 1. The van der Waals surface area contributed by atoms with Crippen molar-refractivity contribution in [1.82, 2.24) is 4.98 Å². The number of pyridine rings is 1. The van der Waals surface area contributed by atoms with Gasteiger partial charge in [-0.1, -0.05) is 0 Å². The van der Waals surface area contributed by atoms with Crippen LogP contribution in [0, 0.1) is 25.2 Å². The van der Waals surface area contributed by atoms with E-state index in [1.165, 1.54) is 0 Å². The first-order valence-corrected chi connectivity index (χ1v) is 6.29. The van der Waals surface area contributed by atoms with E-state index in [2.05, 4.69) is 11.1 Å². The monoisotopic (exact) mass is 259 g/mol. The number of aromatic nitrogens is 1. The SMILES string of the molecule is Cc1cc(C)c(C#N)c(N2CCCC2(C)C(=O)O)n1. The minimum absolute atomic E-state index is 0.472. The van der Waals surface area contributed by atoms with Gasteiger partial charge in [0, 0.05) is 12.2 Å². The molecule has 0 bridgehead atoms. The molecule has 5 nitrogen and oxygen atoms in total. The summed E-state index contributed by atoms with van der Waals surface area (Å²) in [6.45, 7) is 6.02.